The molecular formula is C17H26N2O2. The Labute approximate surface area is 127 Å². The fraction of sp³-hybridized carbons (Fsp3) is 0.588. The SMILES string of the molecule is CCCNC(=O)C(C)NC(c1ccc(OC)cc1)C1CC1. The van der Waals surface area contributed by atoms with Gasteiger partial charge in [-0.2, -0.15) is 0 Å². The molecule has 0 spiro atoms. The number of rotatable bonds is 8. The van der Waals surface area contributed by atoms with Gasteiger partial charge in [-0.05, 0) is 49.8 Å². The third-order valence-electron chi connectivity index (χ3n) is 3.94. The molecule has 2 atom stereocenters. The van der Waals surface area contributed by atoms with Crippen molar-refractivity contribution in [1.82, 2.24) is 10.6 Å². The van der Waals surface area contributed by atoms with Crippen LogP contribution in [0.2, 0.25) is 0 Å². The maximum absolute atomic E-state index is 12.0. The predicted octanol–water partition coefficient (Wildman–Crippen LogP) is 2.65. The van der Waals surface area contributed by atoms with E-state index < -0.39 is 0 Å². The Morgan fingerprint density at radius 2 is 2.00 bits per heavy atom. The van der Waals surface area contributed by atoms with Gasteiger partial charge in [-0.15, -0.1) is 0 Å². The van der Waals surface area contributed by atoms with Crippen LogP contribution in [0.15, 0.2) is 24.3 Å². The molecule has 1 aliphatic rings. The van der Waals surface area contributed by atoms with Crippen LogP contribution in [-0.2, 0) is 4.79 Å². The summed E-state index contributed by atoms with van der Waals surface area (Å²) in [7, 11) is 1.67. The van der Waals surface area contributed by atoms with E-state index in [0.717, 1.165) is 18.7 Å². The van der Waals surface area contributed by atoms with Gasteiger partial charge in [0.2, 0.25) is 5.91 Å². The molecule has 0 heterocycles. The molecule has 0 bridgehead atoms. The van der Waals surface area contributed by atoms with Crippen molar-refractivity contribution >= 4 is 5.91 Å². The standard InChI is InChI=1S/C17H26N2O2/c1-4-11-18-17(20)12(2)19-16(13-5-6-13)14-7-9-15(21-3)10-8-14/h7-10,12-13,16,19H,4-6,11H2,1-3H3,(H,18,20). The Morgan fingerprint density at radius 1 is 1.33 bits per heavy atom. The summed E-state index contributed by atoms with van der Waals surface area (Å²) in [5.41, 5.74) is 1.23. The first-order valence-corrected chi connectivity index (χ1v) is 7.83. The molecule has 1 amide bonds. The fourth-order valence-corrected chi connectivity index (χ4v) is 2.49. The number of ether oxygens (including phenoxy) is 1. The summed E-state index contributed by atoms with van der Waals surface area (Å²) >= 11 is 0. The topological polar surface area (TPSA) is 50.4 Å². The van der Waals surface area contributed by atoms with Gasteiger partial charge >= 0.3 is 0 Å². The molecule has 4 heteroatoms. The van der Waals surface area contributed by atoms with Crippen molar-refractivity contribution in [3.8, 4) is 5.75 Å². The van der Waals surface area contributed by atoms with E-state index in [-0.39, 0.29) is 18.0 Å². The average molecular weight is 290 g/mol. The largest absolute Gasteiger partial charge is 0.497 e. The van der Waals surface area contributed by atoms with Gasteiger partial charge in [0.05, 0.1) is 13.2 Å². The quantitative estimate of drug-likeness (QED) is 0.774. The lowest BCUT2D eigenvalue weighted by molar-refractivity contribution is -0.123. The Hall–Kier alpha value is -1.55. The van der Waals surface area contributed by atoms with E-state index in [0.29, 0.717) is 5.92 Å². The van der Waals surface area contributed by atoms with Crippen LogP contribution >= 0.6 is 0 Å². The van der Waals surface area contributed by atoms with E-state index in [9.17, 15) is 4.79 Å². The van der Waals surface area contributed by atoms with Crippen molar-refractivity contribution in [2.75, 3.05) is 13.7 Å². The van der Waals surface area contributed by atoms with E-state index in [4.69, 9.17) is 4.74 Å². The van der Waals surface area contributed by atoms with Gasteiger partial charge in [0.15, 0.2) is 0 Å². The smallest absolute Gasteiger partial charge is 0.236 e. The highest BCUT2D eigenvalue weighted by molar-refractivity contribution is 5.81. The second kappa shape index (κ2) is 7.46. The number of carbonyl (C=O) groups is 1. The summed E-state index contributed by atoms with van der Waals surface area (Å²) in [4.78, 5) is 12.0. The lowest BCUT2D eigenvalue weighted by Crippen LogP contribution is -2.44. The Balaban J connectivity index is 2.00. The molecule has 1 aliphatic carbocycles. The van der Waals surface area contributed by atoms with E-state index in [1.807, 2.05) is 19.1 Å². The molecule has 1 aromatic rings. The Kier molecular flexibility index (Phi) is 5.62. The molecule has 0 radical (unpaired) electrons. The molecule has 1 saturated carbocycles. The lowest BCUT2D eigenvalue weighted by Gasteiger charge is -2.23. The maximum Gasteiger partial charge on any atom is 0.236 e. The highest BCUT2D eigenvalue weighted by Gasteiger charge is 2.33. The van der Waals surface area contributed by atoms with Crippen LogP contribution in [0.4, 0.5) is 0 Å². The van der Waals surface area contributed by atoms with Crippen molar-refractivity contribution in [3.63, 3.8) is 0 Å². The molecule has 2 rings (SSSR count). The second-order valence-corrected chi connectivity index (χ2v) is 5.77. The third kappa shape index (κ3) is 4.46. The summed E-state index contributed by atoms with van der Waals surface area (Å²) in [6.07, 6.45) is 3.42. The number of carbonyl (C=O) groups excluding carboxylic acids is 1. The third-order valence-corrected chi connectivity index (χ3v) is 3.94. The van der Waals surface area contributed by atoms with Crippen molar-refractivity contribution in [2.45, 2.75) is 45.2 Å². The van der Waals surface area contributed by atoms with E-state index in [2.05, 4.69) is 29.7 Å². The first kappa shape index (κ1) is 15.8. The highest BCUT2D eigenvalue weighted by atomic mass is 16.5. The van der Waals surface area contributed by atoms with E-state index in [1.54, 1.807) is 7.11 Å². The number of amides is 1. The zero-order valence-corrected chi connectivity index (χ0v) is 13.2. The summed E-state index contributed by atoms with van der Waals surface area (Å²) in [5.74, 6) is 1.58. The first-order valence-electron chi connectivity index (χ1n) is 7.83. The van der Waals surface area contributed by atoms with Crippen LogP contribution in [-0.4, -0.2) is 25.6 Å². The molecule has 2 N–H and O–H groups in total. The minimum atomic E-state index is -0.177. The van der Waals surface area contributed by atoms with E-state index >= 15 is 0 Å². The molecule has 1 fully saturated rings. The molecule has 1 aromatic carbocycles. The van der Waals surface area contributed by atoms with Crippen molar-refractivity contribution in [1.29, 1.82) is 0 Å². The molecule has 4 nitrogen and oxygen atoms in total. The molecular weight excluding hydrogens is 264 g/mol. The van der Waals surface area contributed by atoms with Gasteiger partial charge in [0.1, 0.15) is 5.75 Å². The van der Waals surface area contributed by atoms with Crippen molar-refractivity contribution in [2.24, 2.45) is 5.92 Å². The predicted molar refractivity (Wildman–Crippen MR) is 84.4 cm³/mol. The van der Waals surface area contributed by atoms with Crippen LogP contribution < -0.4 is 15.4 Å². The van der Waals surface area contributed by atoms with Gasteiger partial charge in [-0.25, -0.2) is 0 Å². The fourth-order valence-electron chi connectivity index (χ4n) is 2.49. The summed E-state index contributed by atoms with van der Waals surface area (Å²) < 4.78 is 5.20. The van der Waals surface area contributed by atoms with Crippen molar-refractivity contribution < 1.29 is 9.53 Å². The van der Waals surface area contributed by atoms with Crippen LogP contribution in [0, 0.1) is 5.92 Å². The zero-order valence-electron chi connectivity index (χ0n) is 13.2. The first-order chi connectivity index (χ1) is 10.2. The normalized spacial score (nSPS) is 17.1. The molecule has 0 saturated heterocycles. The second-order valence-electron chi connectivity index (χ2n) is 5.77. The Morgan fingerprint density at radius 3 is 2.52 bits per heavy atom. The van der Waals surface area contributed by atoms with Crippen LogP contribution in [0.1, 0.15) is 44.7 Å². The van der Waals surface area contributed by atoms with Gasteiger partial charge < -0.3 is 10.1 Å². The number of methoxy groups -OCH3 is 1. The number of nitrogens with one attached hydrogen (secondary N) is 2. The van der Waals surface area contributed by atoms with Crippen molar-refractivity contribution in [3.05, 3.63) is 29.8 Å². The van der Waals surface area contributed by atoms with E-state index in [1.165, 1.54) is 18.4 Å². The average Bonchev–Trinajstić information content (AvgIpc) is 3.34. The summed E-state index contributed by atoms with van der Waals surface area (Å²) in [5, 5.41) is 6.43. The molecule has 0 aliphatic heterocycles. The number of hydrogen-bond acceptors (Lipinski definition) is 3. The van der Waals surface area contributed by atoms with Gasteiger partial charge in [0.25, 0.3) is 0 Å². The minimum absolute atomic E-state index is 0.0796. The van der Waals surface area contributed by atoms with Crippen LogP contribution in [0.5, 0.6) is 5.75 Å². The van der Waals surface area contributed by atoms with Crippen LogP contribution in [0.3, 0.4) is 0 Å². The minimum Gasteiger partial charge on any atom is -0.497 e. The van der Waals surface area contributed by atoms with Gasteiger partial charge in [-0.1, -0.05) is 19.1 Å². The van der Waals surface area contributed by atoms with Gasteiger partial charge in [0, 0.05) is 12.6 Å². The number of hydrogen-bond donors (Lipinski definition) is 2. The summed E-state index contributed by atoms with van der Waals surface area (Å²) in [6, 6.07) is 8.21. The molecule has 0 aromatic heterocycles. The maximum atomic E-state index is 12.0. The molecule has 21 heavy (non-hydrogen) atoms. The van der Waals surface area contributed by atoms with Crippen LogP contribution in [0.25, 0.3) is 0 Å². The Bertz CT molecular complexity index is 454. The molecule has 2 unspecified atom stereocenters. The number of benzene rings is 1. The zero-order chi connectivity index (χ0) is 15.2. The lowest BCUT2D eigenvalue weighted by atomic mass is 10.0. The summed E-state index contributed by atoms with van der Waals surface area (Å²) in [6.45, 7) is 4.73. The molecule has 116 valence electrons. The highest BCUT2D eigenvalue weighted by Crippen LogP contribution is 2.41. The monoisotopic (exact) mass is 290 g/mol. The van der Waals surface area contributed by atoms with Gasteiger partial charge in [-0.3, -0.25) is 10.1 Å².